The van der Waals surface area contributed by atoms with E-state index in [0.717, 1.165) is 10.9 Å². The Labute approximate surface area is 184 Å². The van der Waals surface area contributed by atoms with Gasteiger partial charge in [0.1, 0.15) is 5.58 Å². The van der Waals surface area contributed by atoms with E-state index < -0.39 is 28.4 Å². The second-order valence-corrected chi connectivity index (χ2v) is 8.75. The van der Waals surface area contributed by atoms with E-state index in [9.17, 15) is 18.0 Å². The Kier molecular flexibility index (Phi) is 6.16. The molecule has 4 aromatic rings. The topological polar surface area (TPSA) is 103 Å². The second-order valence-electron chi connectivity index (χ2n) is 6.99. The fraction of sp³-hybridized carbons (Fsp3) is 0.0833. The summed E-state index contributed by atoms with van der Waals surface area (Å²) in [5, 5.41) is 0.767. The van der Waals surface area contributed by atoms with Crippen LogP contribution in [0.15, 0.2) is 94.2 Å². The number of para-hydroxylation sites is 1. The maximum absolute atomic E-state index is 12.6. The van der Waals surface area contributed by atoms with Crippen LogP contribution < -0.4 is 4.72 Å². The summed E-state index contributed by atoms with van der Waals surface area (Å²) < 4.78 is 38.2. The van der Waals surface area contributed by atoms with Gasteiger partial charge in [-0.2, -0.15) is 0 Å². The van der Waals surface area contributed by atoms with Gasteiger partial charge in [-0.25, -0.2) is 17.9 Å². The van der Waals surface area contributed by atoms with Gasteiger partial charge in [0, 0.05) is 11.9 Å². The molecule has 0 aliphatic rings. The minimum atomic E-state index is -3.84. The van der Waals surface area contributed by atoms with Gasteiger partial charge >= 0.3 is 5.97 Å². The van der Waals surface area contributed by atoms with Crippen molar-refractivity contribution in [3.63, 3.8) is 0 Å². The van der Waals surface area contributed by atoms with Gasteiger partial charge in [-0.15, -0.1) is 0 Å². The number of ketones is 1. The third kappa shape index (κ3) is 4.93. The normalized spacial score (nSPS) is 11.4. The summed E-state index contributed by atoms with van der Waals surface area (Å²) in [6.45, 7) is -0.411. The summed E-state index contributed by atoms with van der Waals surface area (Å²) in [7, 11) is -3.84. The first-order chi connectivity index (χ1) is 15.4. The van der Waals surface area contributed by atoms with Gasteiger partial charge < -0.3 is 9.15 Å². The van der Waals surface area contributed by atoms with Crippen LogP contribution in [-0.4, -0.2) is 26.8 Å². The number of ether oxygens (including phenoxy) is 1. The van der Waals surface area contributed by atoms with Crippen molar-refractivity contribution in [2.24, 2.45) is 0 Å². The number of benzene rings is 3. The fourth-order valence-corrected chi connectivity index (χ4v) is 4.12. The molecule has 162 valence electrons. The number of esters is 1. The number of nitrogens with one attached hydrogen (secondary N) is 1. The van der Waals surface area contributed by atoms with Crippen LogP contribution in [0, 0.1) is 0 Å². The van der Waals surface area contributed by atoms with Gasteiger partial charge in [-0.05, 0) is 35.9 Å². The van der Waals surface area contributed by atoms with Gasteiger partial charge in [0.05, 0.1) is 10.5 Å². The molecule has 0 fully saturated rings. The van der Waals surface area contributed by atoms with E-state index in [4.69, 9.17) is 9.15 Å². The Morgan fingerprint density at radius 3 is 2.41 bits per heavy atom. The zero-order valence-electron chi connectivity index (χ0n) is 16.9. The molecule has 8 heteroatoms. The third-order valence-corrected chi connectivity index (χ3v) is 6.12. The first-order valence-electron chi connectivity index (χ1n) is 9.75. The summed E-state index contributed by atoms with van der Waals surface area (Å²) in [5.41, 5.74) is 1.38. The number of rotatable bonds is 8. The second kappa shape index (κ2) is 9.17. The quantitative estimate of drug-likeness (QED) is 0.323. The van der Waals surface area contributed by atoms with Crippen molar-refractivity contribution < 1.29 is 27.2 Å². The van der Waals surface area contributed by atoms with Crippen molar-refractivity contribution in [3.05, 3.63) is 102 Å². The lowest BCUT2D eigenvalue weighted by Gasteiger charge is -2.08. The van der Waals surface area contributed by atoms with Crippen LogP contribution in [0.4, 0.5) is 0 Å². The molecule has 1 heterocycles. The largest absolute Gasteiger partial charge is 0.454 e. The highest BCUT2D eigenvalue weighted by Crippen LogP contribution is 2.19. The molecule has 0 aliphatic heterocycles. The number of sulfonamides is 1. The molecule has 3 aromatic carbocycles. The molecule has 4 rings (SSSR count). The van der Waals surface area contributed by atoms with Crippen LogP contribution in [0.2, 0.25) is 0 Å². The Bertz CT molecular complexity index is 1340. The highest BCUT2D eigenvalue weighted by molar-refractivity contribution is 7.89. The smallest absolute Gasteiger partial charge is 0.338 e. The van der Waals surface area contributed by atoms with E-state index in [1.165, 1.54) is 24.3 Å². The highest BCUT2D eigenvalue weighted by atomic mass is 32.2. The summed E-state index contributed by atoms with van der Waals surface area (Å²) in [4.78, 5) is 24.6. The van der Waals surface area contributed by atoms with E-state index in [1.54, 1.807) is 36.4 Å². The Balaban J connectivity index is 1.40. The van der Waals surface area contributed by atoms with Gasteiger partial charge in [-0.3, -0.25) is 4.79 Å². The summed E-state index contributed by atoms with van der Waals surface area (Å²) >= 11 is 0. The van der Waals surface area contributed by atoms with Crippen molar-refractivity contribution in [1.29, 1.82) is 0 Å². The molecule has 0 amide bonds. The molecule has 0 atom stereocenters. The fourth-order valence-electron chi connectivity index (χ4n) is 3.05. The first kappa shape index (κ1) is 21.5. The molecule has 0 aliphatic carbocycles. The van der Waals surface area contributed by atoms with Gasteiger partial charge in [0.15, 0.2) is 12.4 Å². The highest BCUT2D eigenvalue weighted by Gasteiger charge is 2.19. The van der Waals surface area contributed by atoms with Crippen molar-refractivity contribution in [2.75, 3.05) is 6.61 Å². The van der Waals surface area contributed by atoms with Gasteiger partial charge in [0.2, 0.25) is 15.8 Å². The van der Waals surface area contributed by atoms with E-state index in [0.29, 0.717) is 5.58 Å². The van der Waals surface area contributed by atoms with Crippen LogP contribution in [0.1, 0.15) is 26.5 Å². The molecule has 32 heavy (non-hydrogen) atoms. The zero-order chi connectivity index (χ0) is 22.6. The Morgan fingerprint density at radius 2 is 1.62 bits per heavy atom. The van der Waals surface area contributed by atoms with E-state index in [2.05, 4.69) is 4.72 Å². The van der Waals surface area contributed by atoms with Crippen molar-refractivity contribution in [2.45, 2.75) is 11.4 Å². The van der Waals surface area contributed by atoms with Gasteiger partial charge in [-0.1, -0.05) is 54.6 Å². The third-order valence-electron chi connectivity index (χ3n) is 4.72. The first-order valence-corrected chi connectivity index (χ1v) is 11.2. The van der Waals surface area contributed by atoms with Crippen molar-refractivity contribution in [3.8, 4) is 0 Å². The van der Waals surface area contributed by atoms with Crippen LogP contribution in [0.25, 0.3) is 11.0 Å². The number of hydrogen-bond acceptors (Lipinski definition) is 6. The number of furan rings is 1. The lowest BCUT2D eigenvalue weighted by atomic mass is 10.2. The van der Waals surface area contributed by atoms with E-state index in [1.807, 2.05) is 24.3 Å². The number of carbonyl (C=O) groups is 2. The minimum Gasteiger partial charge on any atom is -0.454 e. The van der Waals surface area contributed by atoms with Crippen LogP contribution in [0.3, 0.4) is 0 Å². The Hall–Kier alpha value is -3.75. The van der Waals surface area contributed by atoms with Crippen LogP contribution >= 0.6 is 0 Å². The minimum absolute atomic E-state index is 0.0185. The number of carbonyl (C=O) groups excluding carboxylic acids is 2. The predicted octanol–water partition coefficient (Wildman–Crippen LogP) is 3.95. The van der Waals surface area contributed by atoms with Crippen molar-refractivity contribution in [1.82, 2.24) is 4.72 Å². The average molecular weight is 449 g/mol. The molecule has 0 saturated carbocycles. The summed E-state index contributed by atoms with van der Waals surface area (Å²) in [5.74, 6) is -1.22. The molecule has 1 N–H and O–H groups in total. The zero-order valence-corrected chi connectivity index (χ0v) is 17.7. The molecule has 7 nitrogen and oxygen atoms in total. The standard InChI is InChI=1S/C24H19NO6S/c26-21(23-14-18-9-4-5-12-22(18)31-23)16-30-24(27)19-10-6-11-20(13-19)32(28,29)25-15-17-7-2-1-3-8-17/h1-14,25H,15-16H2. The maximum atomic E-state index is 12.6. The monoisotopic (exact) mass is 449 g/mol. The van der Waals surface area contributed by atoms with E-state index >= 15 is 0 Å². The summed E-state index contributed by atoms with van der Waals surface area (Å²) in [6.07, 6.45) is 0. The molecule has 0 unspecified atom stereocenters. The number of Topliss-reactive ketones (excluding diaryl/α,β-unsaturated/α-hetero) is 1. The maximum Gasteiger partial charge on any atom is 0.338 e. The molecular formula is C24H19NO6S. The van der Waals surface area contributed by atoms with Crippen LogP contribution in [0.5, 0.6) is 0 Å². The Morgan fingerprint density at radius 1 is 0.875 bits per heavy atom. The number of hydrogen-bond donors (Lipinski definition) is 1. The lowest BCUT2D eigenvalue weighted by molar-refractivity contribution is 0.0468. The summed E-state index contributed by atoms with van der Waals surface area (Å²) in [6, 6.07) is 23.2. The SMILES string of the molecule is O=C(OCC(=O)c1cc2ccccc2o1)c1cccc(S(=O)(=O)NCc2ccccc2)c1. The molecule has 0 spiro atoms. The lowest BCUT2D eigenvalue weighted by Crippen LogP contribution is -2.23. The molecular weight excluding hydrogens is 430 g/mol. The molecule has 0 bridgehead atoms. The molecule has 0 saturated heterocycles. The number of fused-ring (bicyclic) bond motifs is 1. The van der Waals surface area contributed by atoms with Crippen molar-refractivity contribution >= 4 is 32.7 Å². The predicted molar refractivity (Wildman–Crippen MR) is 118 cm³/mol. The van der Waals surface area contributed by atoms with Gasteiger partial charge in [0.25, 0.3) is 0 Å². The average Bonchev–Trinajstić information content (AvgIpc) is 3.26. The van der Waals surface area contributed by atoms with Crippen LogP contribution in [-0.2, 0) is 21.3 Å². The molecule has 1 aromatic heterocycles. The van der Waals surface area contributed by atoms with E-state index in [-0.39, 0.29) is 22.8 Å². The molecule has 0 radical (unpaired) electrons.